The van der Waals surface area contributed by atoms with Crippen LogP contribution in [-0.2, 0) is 17.6 Å². The molecule has 3 aliphatic rings. The summed E-state index contributed by atoms with van der Waals surface area (Å²) in [7, 11) is 0. The predicted molar refractivity (Wildman–Crippen MR) is 115 cm³/mol. The molecule has 0 saturated carbocycles. The number of fused-ring (bicyclic) bond motifs is 1. The van der Waals surface area contributed by atoms with Gasteiger partial charge in [0.05, 0.1) is 0 Å². The first-order chi connectivity index (χ1) is 13.8. The summed E-state index contributed by atoms with van der Waals surface area (Å²) in [5.41, 5.74) is 2.31. The Morgan fingerprint density at radius 2 is 1.59 bits per heavy atom. The molecule has 158 valence electrons. The zero-order chi connectivity index (χ0) is 20.8. The van der Waals surface area contributed by atoms with Crippen LogP contribution < -0.4 is 0 Å². The highest BCUT2D eigenvalue weighted by atomic mass is 16.2. The molecule has 1 spiro atoms. The van der Waals surface area contributed by atoms with Crippen molar-refractivity contribution in [2.24, 2.45) is 5.92 Å². The number of piperidine rings is 1. The number of amides is 3. The summed E-state index contributed by atoms with van der Waals surface area (Å²) in [5, 5.41) is 0. The minimum absolute atomic E-state index is 0.0376. The molecule has 29 heavy (non-hydrogen) atoms. The second-order valence-electron chi connectivity index (χ2n) is 9.78. The van der Waals surface area contributed by atoms with Crippen molar-refractivity contribution in [3.05, 3.63) is 35.4 Å². The maximum Gasteiger partial charge on any atom is 0.327 e. The summed E-state index contributed by atoms with van der Waals surface area (Å²) in [6, 6.07) is 9.11. The van der Waals surface area contributed by atoms with E-state index in [4.69, 9.17) is 0 Å². The maximum atomic E-state index is 13.4. The summed E-state index contributed by atoms with van der Waals surface area (Å²) in [6.45, 7) is 10.7. The molecule has 0 N–H and O–H groups in total. The lowest BCUT2D eigenvalue weighted by Gasteiger charge is -2.44. The molecule has 1 aliphatic carbocycles. The van der Waals surface area contributed by atoms with Crippen LogP contribution >= 0.6 is 0 Å². The fourth-order valence-corrected chi connectivity index (χ4v) is 5.43. The van der Waals surface area contributed by atoms with Crippen molar-refractivity contribution in [1.29, 1.82) is 0 Å². The molecule has 4 rings (SSSR count). The van der Waals surface area contributed by atoms with Gasteiger partial charge in [0.15, 0.2) is 0 Å². The third-order valence-electron chi connectivity index (χ3n) is 7.19. The van der Waals surface area contributed by atoms with E-state index in [1.807, 2.05) is 18.7 Å². The van der Waals surface area contributed by atoms with E-state index in [-0.39, 0.29) is 18.0 Å². The number of hydrogen-bond donors (Lipinski definition) is 0. The number of likely N-dealkylation sites (tertiary alicyclic amines) is 1. The Balaban J connectivity index is 1.50. The van der Waals surface area contributed by atoms with Gasteiger partial charge in [0, 0.05) is 31.7 Å². The smallest absolute Gasteiger partial charge is 0.309 e. The van der Waals surface area contributed by atoms with E-state index in [0.717, 1.165) is 45.2 Å². The molecular weight excluding hydrogens is 362 g/mol. The molecule has 2 heterocycles. The average Bonchev–Trinajstić information content (AvgIpc) is 3.19. The second-order valence-corrected chi connectivity index (χ2v) is 9.78. The topological polar surface area (TPSA) is 43.9 Å². The molecule has 2 aliphatic heterocycles. The summed E-state index contributed by atoms with van der Waals surface area (Å²) in [5.74, 6) is 0.552. The van der Waals surface area contributed by atoms with Gasteiger partial charge < -0.3 is 4.90 Å². The lowest BCUT2D eigenvalue weighted by atomic mass is 9.84. The summed E-state index contributed by atoms with van der Waals surface area (Å²) in [6.07, 6.45) is 4.66. The fourth-order valence-electron chi connectivity index (χ4n) is 5.43. The Bertz CT molecular complexity index is 755. The SMILES string of the molecule is CC(C)CCN1C(=O)N(C(C)C)C(=O)C12CCN(C1Cc3ccccc3C1)CC2. The summed E-state index contributed by atoms with van der Waals surface area (Å²) in [4.78, 5) is 32.6. The third-order valence-corrected chi connectivity index (χ3v) is 7.19. The van der Waals surface area contributed by atoms with Gasteiger partial charge in [0.25, 0.3) is 5.91 Å². The van der Waals surface area contributed by atoms with E-state index in [9.17, 15) is 9.59 Å². The quantitative estimate of drug-likeness (QED) is 0.712. The van der Waals surface area contributed by atoms with E-state index in [1.165, 1.54) is 16.0 Å². The van der Waals surface area contributed by atoms with Crippen LogP contribution in [0.3, 0.4) is 0 Å². The fraction of sp³-hybridized carbons (Fsp3) is 0.667. The zero-order valence-corrected chi connectivity index (χ0v) is 18.4. The molecule has 5 nitrogen and oxygen atoms in total. The van der Waals surface area contributed by atoms with Gasteiger partial charge >= 0.3 is 6.03 Å². The Labute approximate surface area is 175 Å². The molecule has 1 aromatic rings. The van der Waals surface area contributed by atoms with Gasteiger partial charge in [0.2, 0.25) is 0 Å². The first kappa shape index (κ1) is 20.4. The van der Waals surface area contributed by atoms with Crippen LogP contribution in [0.2, 0.25) is 0 Å². The van der Waals surface area contributed by atoms with Crippen LogP contribution in [0.4, 0.5) is 4.79 Å². The Hall–Kier alpha value is -1.88. The van der Waals surface area contributed by atoms with Crippen LogP contribution in [0.15, 0.2) is 24.3 Å². The Morgan fingerprint density at radius 1 is 1.00 bits per heavy atom. The van der Waals surface area contributed by atoms with Crippen molar-refractivity contribution < 1.29 is 9.59 Å². The van der Waals surface area contributed by atoms with Crippen molar-refractivity contribution in [3.8, 4) is 0 Å². The molecule has 0 aromatic heterocycles. The lowest BCUT2D eigenvalue weighted by Crippen LogP contribution is -2.58. The van der Waals surface area contributed by atoms with Gasteiger partial charge in [-0.25, -0.2) is 4.79 Å². The monoisotopic (exact) mass is 397 g/mol. The highest BCUT2D eigenvalue weighted by Crippen LogP contribution is 2.40. The van der Waals surface area contributed by atoms with Crippen LogP contribution in [0.25, 0.3) is 0 Å². The second kappa shape index (κ2) is 7.75. The minimum atomic E-state index is -0.627. The van der Waals surface area contributed by atoms with Crippen molar-refractivity contribution in [3.63, 3.8) is 0 Å². The van der Waals surface area contributed by atoms with Gasteiger partial charge in [-0.15, -0.1) is 0 Å². The van der Waals surface area contributed by atoms with Crippen molar-refractivity contribution in [2.75, 3.05) is 19.6 Å². The molecule has 3 amide bonds. The van der Waals surface area contributed by atoms with Crippen LogP contribution in [-0.4, -0.2) is 63.9 Å². The minimum Gasteiger partial charge on any atom is -0.309 e. The predicted octanol–water partition coefficient (Wildman–Crippen LogP) is 3.71. The van der Waals surface area contributed by atoms with Gasteiger partial charge in [-0.3, -0.25) is 14.6 Å². The van der Waals surface area contributed by atoms with Crippen LogP contribution in [0, 0.1) is 5.92 Å². The van der Waals surface area contributed by atoms with Crippen molar-refractivity contribution in [2.45, 2.75) is 77.4 Å². The van der Waals surface area contributed by atoms with Gasteiger partial charge in [-0.2, -0.15) is 0 Å². The first-order valence-corrected chi connectivity index (χ1v) is 11.3. The van der Waals surface area contributed by atoms with Gasteiger partial charge in [0.1, 0.15) is 5.54 Å². The summed E-state index contributed by atoms with van der Waals surface area (Å²) >= 11 is 0. The maximum absolute atomic E-state index is 13.4. The average molecular weight is 398 g/mol. The van der Waals surface area contributed by atoms with E-state index >= 15 is 0 Å². The lowest BCUT2D eigenvalue weighted by molar-refractivity contribution is -0.137. The standard InChI is InChI=1S/C24H35N3O2/c1-17(2)9-12-26-23(29)27(18(3)4)22(28)24(26)10-13-25(14-11-24)21-15-19-7-5-6-8-20(19)16-21/h5-8,17-18,21H,9-16H2,1-4H3. The van der Waals surface area contributed by atoms with E-state index in [1.54, 1.807) is 0 Å². The van der Waals surface area contributed by atoms with Crippen molar-refractivity contribution in [1.82, 2.24) is 14.7 Å². The molecule has 0 bridgehead atoms. The molecular formula is C24H35N3O2. The van der Waals surface area contributed by atoms with Crippen molar-refractivity contribution >= 4 is 11.9 Å². The molecule has 0 atom stereocenters. The number of benzene rings is 1. The Kier molecular flexibility index (Phi) is 5.45. The molecule has 2 saturated heterocycles. The van der Waals surface area contributed by atoms with E-state index in [2.05, 4.69) is 43.0 Å². The number of nitrogens with zero attached hydrogens (tertiary/aromatic N) is 3. The summed E-state index contributed by atoms with van der Waals surface area (Å²) < 4.78 is 0. The van der Waals surface area contributed by atoms with Crippen LogP contribution in [0.5, 0.6) is 0 Å². The Morgan fingerprint density at radius 3 is 2.10 bits per heavy atom. The van der Waals surface area contributed by atoms with E-state index in [0.29, 0.717) is 18.5 Å². The number of imide groups is 1. The van der Waals surface area contributed by atoms with Gasteiger partial charge in [-0.1, -0.05) is 38.1 Å². The number of carbonyl (C=O) groups excluding carboxylic acids is 2. The molecule has 2 fully saturated rings. The first-order valence-electron chi connectivity index (χ1n) is 11.3. The molecule has 1 aromatic carbocycles. The molecule has 0 unspecified atom stereocenters. The molecule has 0 radical (unpaired) electrons. The highest BCUT2D eigenvalue weighted by molar-refractivity contribution is 6.07. The number of hydrogen-bond acceptors (Lipinski definition) is 3. The normalized spacial score (nSPS) is 22.6. The number of urea groups is 1. The highest BCUT2D eigenvalue weighted by Gasteiger charge is 2.58. The molecule has 5 heteroatoms. The largest absolute Gasteiger partial charge is 0.327 e. The zero-order valence-electron chi connectivity index (χ0n) is 18.4. The number of rotatable bonds is 5. The third kappa shape index (κ3) is 3.48. The van der Waals surface area contributed by atoms with E-state index < -0.39 is 5.54 Å². The van der Waals surface area contributed by atoms with Crippen LogP contribution in [0.1, 0.15) is 58.1 Å². The van der Waals surface area contributed by atoms with Gasteiger partial charge in [-0.05, 0) is 63.0 Å². The number of carbonyl (C=O) groups is 2.